The molecule has 0 aromatic carbocycles. The fourth-order valence-electron chi connectivity index (χ4n) is 5.39. The highest BCUT2D eigenvalue weighted by Crippen LogP contribution is 2.38. The molecule has 3 fully saturated rings. The molecular weight excluding hydrogens is 254 g/mol. The maximum absolute atomic E-state index is 4.05. The molecule has 21 heavy (non-hydrogen) atoms. The number of hydrogen-bond donors (Lipinski definition) is 1. The molecule has 0 aromatic rings. The van der Waals surface area contributed by atoms with Gasteiger partial charge in [0.2, 0.25) is 0 Å². The van der Waals surface area contributed by atoms with Gasteiger partial charge in [-0.05, 0) is 55.9 Å². The van der Waals surface area contributed by atoms with Crippen molar-refractivity contribution in [2.45, 2.75) is 96.4 Å². The van der Waals surface area contributed by atoms with E-state index in [1.54, 1.807) is 0 Å². The van der Waals surface area contributed by atoms with Crippen LogP contribution < -0.4 is 5.32 Å². The van der Waals surface area contributed by atoms with Crippen molar-refractivity contribution < 1.29 is 0 Å². The van der Waals surface area contributed by atoms with E-state index in [2.05, 4.69) is 12.2 Å². The first-order valence-electron chi connectivity index (χ1n) is 10.1. The third kappa shape index (κ3) is 4.47. The van der Waals surface area contributed by atoms with Crippen molar-refractivity contribution in [3.05, 3.63) is 0 Å². The van der Waals surface area contributed by atoms with Crippen LogP contribution in [0.15, 0.2) is 0 Å². The van der Waals surface area contributed by atoms with Crippen molar-refractivity contribution in [3.8, 4) is 0 Å². The molecule has 3 rings (SSSR count). The minimum Gasteiger partial charge on any atom is -0.313 e. The molecule has 1 N–H and O–H groups in total. The molecule has 0 aliphatic heterocycles. The summed E-state index contributed by atoms with van der Waals surface area (Å²) in [6, 6.07) is 0.862. The van der Waals surface area contributed by atoms with E-state index in [4.69, 9.17) is 0 Å². The number of rotatable bonds is 4. The van der Waals surface area contributed by atoms with E-state index >= 15 is 0 Å². The van der Waals surface area contributed by atoms with Gasteiger partial charge in [-0.15, -0.1) is 0 Å². The molecule has 3 aliphatic carbocycles. The highest BCUT2D eigenvalue weighted by molar-refractivity contribution is 4.87. The first kappa shape index (κ1) is 15.8. The summed E-state index contributed by atoms with van der Waals surface area (Å²) >= 11 is 0. The summed E-state index contributed by atoms with van der Waals surface area (Å²) in [5.41, 5.74) is 0. The summed E-state index contributed by atoms with van der Waals surface area (Å²) in [5, 5.41) is 4.05. The lowest BCUT2D eigenvalue weighted by Crippen LogP contribution is -2.44. The molecule has 3 aliphatic rings. The predicted molar refractivity (Wildman–Crippen MR) is 91.4 cm³/mol. The zero-order valence-corrected chi connectivity index (χ0v) is 14.3. The molecule has 0 bridgehead atoms. The Morgan fingerprint density at radius 3 is 2.14 bits per heavy atom. The minimum atomic E-state index is 0.862. The van der Waals surface area contributed by atoms with E-state index in [0.29, 0.717) is 0 Å². The smallest absolute Gasteiger partial charge is 0.00980 e. The lowest BCUT2D eigenvalue weighted by atomic mass is 9.71. The van der Waals surface area contributed by atoms with Gasteiger partial charge in [0, 0.05) is 6.04 Å². The van der Waals surface area contributed by atoms with Gasteiger partial charge in [0.1, 0.15) is 0 Å². The quantitative estimate of drug-likeness (QED) is 0.717. The second-order valence-electron chi connectivity index (χ2n) is 8.49. The summed E-state index contributed by atoms with van der Waals surface area (Å²) in [7, 11) is 0. The Morgan fingerprint density at radius 1 is 0.714 bits per heavy atom. The number of nitrogens with one attached hydrogen (secondary N) is 1. The monoisotopic (exact) mass is 291 g/mol. The SMILES string of the molecule is CC1CCC(CNC2CCCCC2C2CCCCC2)CC1. The van der Waals surface area contributed by atoms with Gasteiger partial charge < -0.3 is 5.32 Å². The van der Waals surface area contributed by atoms with Crippen molar-refractivity contribution in [2.75, 3.05) is 6.54 Å². The largest absolute Gasteiger partial charge is 0.313 e. The second kappa shape index (κ2) is 7.99. The van der Waals surface area contributed by atoms with E-state index in [1.165, 1.54) is 90.0 Å². The molecule has 0 aromatic heterocycles. The van der Waals surface area contributed by atoms with E-state index in [0.717, 1.165) is 29.7 Å². The van der Waals surface area contributed by atoms with E-state index in [9.17, 15) is 0 Å². The molecule has 3 saturated carbocycles. The van der Waals surface area contributed by atoms with Crippen molar-refractivity contribution in [1.82, 2.24) is 5.32 Å². The van der Waals surface area contributed by atoms with Crippen molar-refractivity contribution >= 4 is 0 Å². The van der Waals surface area contributed by atoms with Crippen LogP contribution in [0.4, 0.5) is 0 Å². The van der Waals surface area contributed by atoms with Crippen LogP contribution in [-0.2, 0) is 0 Å². The summed E-state index contributed by atoms with van der Waals surface area (Å²) in [6.07, 6.45) is 19.4. The van der Waals surface area contributed by atoms with Crippen LogP contribution in [-0.4, -0.2) is 12.6 Å². The Balaban J connectivity index is 1.47. The standard InChI is InChI=1S/C20H37N/c1-16-11-13-17(14-12-16)15-21-20-10-6-5-9-19(20)18-7-3-2-4-8-18/h16-21H,2-15H2,1H3. The van der Waals surface area contributed by atoms with Gasteiger partial charge in [0.15, 0.2) is 0 Å². The topological polar surface area (TPSA) is 12.0 Å². The Bertz CT molecular complexity index is 286. The van der Waals surface area contributed by atoms with Gasteiger partial charge >= 0.3 is 0 Å². The van der Waals surface area contributed by atoms with Crippen molar-refractivity contribution in [3.63, 3.8) is 0 Å². The molecule has 0 amide bonds. The second-order valence-corrected chi connectivity index (χ2v) is 8.49. The van der Waals surface area contributed by atoms with Gasteiger partial charge in [-0.1, -0.05) is 64.7 Å². The first-order chi connectivity index (χ1) is 10.3. The molecule has 0 heterocycles. The van der Waals surface area contributed by atoms with Crippen LogP contribution in [0.1, 0.15) is 90.4 Å². The summed E-state index contributed by atoms with van der Waals surface area (Å²) in [4.78, 5) is 0. The highest BCUT2D eigenvalue weighted by atomic mass is 14.9. The Labute approximate surface area is 132 Å². The van der Waals surface area contributed by atoms with E-state index in [-0.39, 0.29) is 0 Å². The summed E-state index contributed by atoms with van der Waals surface area (Å²) in [5.74, 6) is 4.05. The van der Waals surface area contributed by atoms with Crippen LogP contribution in [0.2, 0.25) is 0 Å². The third-order valence-electron chi connectivity index (χ3n) is 6.88. The average Bonchev–Trinajstić information content (AvgIpc) is 2.55. The maximum Gasteiger partial charge on any atom is 0.00980 e. The molecule has 2 atom stereocenters. The summed E-state index contributed by atoms with van der Waals surface area (Å²) in [6.45, 7) is 3.75. The molecule has 122 valence electrons. The molecule has 1 heteroatoms. The molecule has 0 saturated heterocycles. The van der Waals surface area contributed by atoms with Gasteiger partial charge in [-0.2, -0.15) is 0 Å². The normalized spacial score (nSPS) is 39.3. The maximum atomic E-state index is 4.05. The average molecular weight is 292 g/mol. The lowest BCUT2D eigenvalue weighted by molar-refractivity contribution is 0.142. The van der Waals surface area contributed by atoms with Crippen molar-refractivity contribution in [1.29, 1.82) is 0 Å². The fraction of sp³-hybridized carbons (Fsp3) is 1.00. The minimum absolute atomic E-state index is 0.862. The van der Waals surface area contributed by atoms with Crippen molar-refractivity contribution in [2.24, 2.45) is 23.7 Å². The first-order valence-corrected chi connectivity index (χ1v) is 10.1. The lowest BCUT2D eigenvalue weighted by Gasteiger charge is -2.40. The molecule has 1 nitrogen and oxygen atoms in total. The van der Waals surface area contributed by atoms with Crippen LogP contribution in [0.25, 0.3) is 0 Å². The number of hydrogen-bond acceptors (Lipinski definition) is 1. The Hall–Kier alpha value is -0.0400. The highest BCUT2D eigenvalue weighted by Gasteiger charge is 2.32. The van der Waals surface area contributed by atoms with Gasteiger partial charge in [-0.3, -0.25) is 0 Å². The Morgan fingerprint density at radius 2 is 1.38 bits per heavy atom. The van der Waals surface area contributed by atoms with Gasteiger partial charge in [-0.25, -0.2) is 0 Å². The zero-order chi connectivity index (χ0) is 14.5. The zero-order valence-electron chi connectivity index (χ0n) is 14.3. The molecular formula is C20H37N. The third-order valence-corrected chi connectivity index (χ3v) is 6.88. The fourth-order valence-corrected chi connectivity index (χ4v) is 5.39. The van der Waals surface area contributed by atoms with Crippen LogP contribution in [0.3, 0.4) is 0 Å². The van der Waals surface area contributed by atoms with Crippen LogP contribution in [0, 0.1) is 23.7 Å². The summed E-state index contributed by atoms with van der Waals surface area (Å²) < 4.78 is 0. The predicted octanol–water partition coefficient (Wildman–Crippen LogP) is 5.54. The van der Waals surface area contributed by atoms with Gasteiger partial charge in [0.05, 0.1) is 0 Å². The van der Waals surface area contributed by atoms with Gasteiger partial charge in [0.25, 0.3) is 0 Å². The van der Waals surface area contributed by atoms with E-state index < -0.39 is 0 Å². The van der Waals surface area contributed by atoms with Crippen LogP contribution >= 0.6 is 0 Å². The van der Waals surface area contributed by atoms with Crippen LogP contribution in [0.5, 0.6) is 0 Å². The molecule has 0 spiro atoms. The molecule has 2 unspecified atom stereocenters. The molecule has 0 radical (unpaired) electrons. The Kier molecular flexibility index (Phi) is 6.03. The van der Waals surface area contributed by atoms with E-state index in [1.807, 2.05) is 0 Å².